The highest BCUT2D eigenvalue weighted by Crippen LogP contribution is 2.19. The van der Waals surface area contributed by atoms with E-state index in [1.54, 1.807) is 0 Å². The molecule has 1 aliphatic heterocycles. The molecule has 14 heavy (non-hydrogen) atoms. The second-order valence-corrected chi connectivity index (χ2v) is 6.07. The zero-order valence-electron chi connectivity index (χ0n) is 10.5. The summed E-state index contributed by atoms with van der Waals surface area (Å²) in [5.41, 5.74) is 0.636. The lowest BCUT2D eigenvalue weighted by molar-refractivity contribution is 0.108. The van der Waals surface area contributed by atoms with E-state index in [1.165, 1.54) is 25.9 Å². The minimum absolute atomic E-state index is 0.309. The van der Waals surface area contributed by atoms with E-state index in [0.717, 1.165) is 6.54 Å². The molecule has 1 aliphatic rings. The highest BCUT2D eigenvalue weighted by Gasteiger charge is 2.26. The first kappa shape index (κ1) is 12.0. The Morgan fingerprint density at radius 2 is 1.79 bits per heavy atom. The molecule has 2 heteroatoms. The molecule has 0 bridgehead atoms. The summed E-state index contributed by atoms with van der Waals surface area (Å²) < 4.78 is 0. The Labute approximate surface area is 89.1 Å². The van der Waals surface area contributed by atoms with Gasteiger partial charge in [-0.25, -0.2) is 0 Å². The fourth-order valence-electron chi connectivity index (χ4n) is 1.98. The SMILES string of the molecule is CC1(C)CCN(C(C)(C)C)CCCN1. The van der Waals surface area contributed by atoms with Crippen LogP contribution in [0.1, 0.15) is 47.5 Å². The van der Waals surface area contributed by atoms with Crippen molar-refractivity contribution in [1.29, 1.82) is 0 Å². The van der Waals surface area contributed by atoms with Crippen LogP contribution in [-0.4, -0.2) is 35.6 Å². The maximum atomic E-state index is 3.61. The molecule has 0 aliphatic carbocycles. The van der Waals surface area contributed by atoms with Gasteiger partial charge in [-0.2, -0.15) is 0 Å². The van der Waals surface area contributed by atoms with Crippen LogP contribution in [0.3, 0.4) is 0 Å². The van der Waals surface area contributed by atoms with E-state index in [0.29, 0.717) is 11.1 Å². The number of nitrogens with zero attached hydrogens (tertiary/aromatic N) is 1. The molecule has 0 aromatic heterocycles. The Balaban J connectivity index is 2.56. The van der Waals surface area contributed by atoms with Gasteiger partial charge in [-0.15, -0.1) is 0 Å². The summed E-state index contributed by atoms with van der Waals surface area (Å²) in [6, 6.07) is 0. The van der Waals surface area contributed by atoms with Crippen LogP contribution in [0.4, 0.5) is 0 Å². The summed E-state index contributed by atoms with van der Waals surface area (Å²) in [6.45, 7) is 15.1. The first-order valence-corrected chi connectivity index (χ1v) is 5.81. The number of rotatable bonds is 0. The molecule has 1 heterocycles. The Bertz CT molecular complexity index is 176. The van der Waals surface area contributed by atoms with Crippen molar-refractivity contribution in [1.82, 2.24) is 10.2 Å². The van der Waals surface area contributed by atoms with Crippen LogP contribution < -0.4 is 5.32 Å². The van der Waals surface area contributed by atoms with Crippen molar-refractivity contribution < 1.29 is 0 Å². The van der Waals surface area contributed by atoms with E-state index in [4.69, 9.17) is 0 Å². The third kappa shape index (κ3) is 3.58. The van der Waals surface area contributed by atoms with Crippen LogP contribution in [0.25, 0.3) is 0 Å². The lowest BCUT2D eigenvalue weighted by atomic mass is 9.96. The molecular formula is C12H26N2. The molecule has 0 amide bonds. The average molecular weight is 198 g/mol. The molecule has 0 spiro atoms. The molecule has 1 fully saturated rings. The molecule has 0 unspecified atom stereocenters. The second-order valence-electron chi connectivity index (χ2n) is 6.07. The first-order chi connectivity index (χ1) is 6.31. The minimum Gasteiger partial charge on any atom is -0.312 e. The number of hydrogen-bond acceptors (Lipinski definition) is 2. The standard InChI is InChI=1S/C12H26N2/c1-11(2,3)14-9-6-8-13-12(4,5)7-10-14/h13H,6-10H2,1-5H3. The van der Waals surface area contributed by atoms with Gasteiger partial charge in [0.05, 0.1) is 0 Å². The molecule has 0 aromatic carbocycles. The van der Waals surface area contributed by atoms with Crippen molar-refractivity contribution in [2.75, 3.05) is 19.6 Å². The highest BCUT2D eigenvalue weighted by atomic mass is 15.2. The number of hydrogen-bond donors (Lipinski definition) is 1. The van der Waals surface area contributed by atoms with Gasteiger partial charge in [0.2, 0.25) is 0 Å². The Kier molecular flexibility index (Phi) is 3.59. The van der Waals surface area contributed by atoms with Crippen molar-refractivity contribution in [2.24, 2.45) is 0 Å². The van der Waals surface area contributed by atoms with Gasteiger partial charge in [0.1, 0.15) is 0 Å². The third-order valence-corrected chi connectivity index (χ3v) is 3.16. The van der Waals surface area contributed by atoms with Crippen LogP contribution in [0.15, 0.2) is 0 Å². The molecular weight excluding hydrogens is 172 g/mol. The fourth-order valence-corrected chi connectivity index (χ4v) is 1.98. The largest absolute Gasteiger partial charge is 0.312 e. The number of nitrogens with one attached hydrogen (secondary N) is 1. The maximum absolute atomic E-state index is 3.61. The molecule has 2 nitrogen and oxygen atoms in total. The van der Waals surface area contributed by atoms with E-state index < -0.39 is 0 Å². The Hall–Kier alpha value is -0.0800. The van der Waals surface area contributed by atoms with Crippen LogP contribution in [0, 0.1) is 0 Å². The topological polar surface area (TPSA) is 15.3 Å². The second kappa shape index (κ2) is 4.19. The van der Waals surface area contributed by atoms with Crippen LogP contribution in [0.2, 0.25) is 0 Å². The van der Waals surface area contributed by atoms with Crippen molar-refractivity contribution in [3.8, 4) is 0 Å². The third-order valence-electron chi connectivity index (χ3n) is 3.16. The molecule has 1 rings (SSSR count). The Morgan fingerprint density at radius 3 is 2.36 bits per heavy atom. The van der Waals surface area contributed by atoms with Gasteiger partial charge in [0.15, 0.2) is 0 Å². The van der Waals surface area contributed by atoms with Gasteiger partial charge < -0.3 is 5.32 Å². The van der Waals surface area contributed by atoms with Gasteiger partial charge in [0, 0.05) is 17.6 Å². The lowest BCUT2D eigenvalue weighted by Crippen LogP contribution is -2.50. The van der Waals surface area contributed by atoms with Crippen LogP contribution >= 0.6 is 0 Å². The molecule has 84 valence electrons. The average Bonchev–Trinajstić information content (AvgIpc) is 1.96. The van der Waals surface area contributed by atoms with Crippen LogP contribution in [-0.2, 0) is 0 Å². The molecule has 0 radical (unpaired) electrons. The molecule has 0 aromatic rings. The van der Waals surface area contributed by atoms with Gasteiger partial charge in [0.25, 0.3) is 0 Å². The van der Waals surface area contributed by atoms with Crippen molar-refractivity contribution >= 4 is 0 Å². The van der Waals surface area contributed by atoms with E-state index in [-0.39, 0.29) is 0 Å². The minimum atomic E-state index is 0.309. The molecule has 1 saturated heterocycles. The lowest BCUT2D eigenvalue weighted by Gasteiger charge is -2.40. The summed E-state index contributed by atoms with van der Waals surface area (Å²) in [4.78, 5) is 2.61. The van der Waals surface area contributed by atoms with Crippen molar-refractivity contribution in [3.63, 3.8) is 0 Å². The summed E-state index contributed by atoms with van der Waals surface area (Å²) in [7, 11) is 0. The first-order valence-electron chi connectivity index (χ1n) is 5.81. The summed E-state index contributed by atoms with van der Waals surface area (Å²) in [6.07, 6.45) is 2.50. The fraction of sp³-hybridized carbons (Fsp3) is 1.00. The van der Waals surface area contributed by atoms with Gasteiger partial charge in [-0.1, -0.05) is 0 Å². The van der Waals surface area contributed by atoms with Crippen molar-refractivity contribution in [3.05, 3.63) is 0 Å². The monoisotopic (exact) mass is 198 g/mol. The summed E-state index contributed by atoms with van der Waals surface area (Å²) >= 11 is 0. The van der Waals surface area contributed by atoms with E-state index >= 15 is 0 Å². The van der Waals surface area contributed by atoms with Crippen molar-refractivity contribution in [2.45, 2.75) is 58.5 Å². The van der Waals surface area contributed by atoms with Gasteiger partial charge >= 0.3 is 0 Å². The predicted molar refractivity (Wildman–Crippen MR) is 62.6 cm³/mol. The normalized spacial score (nSPS) is 25.5. The van der Waals surface area contributed by atoms with Gasteiger partial charge in [-0.05, 0) is 60.5 Å². The smallest absolute Gasteiger partial charge is 0.0137 e. The van der Waals surface area contributed by atoms with Crippen LogP contribution in [0.5, 0.6) is 0 Å². The zero-order valence-corrected chi connectivity index (χ0v) is 10.5. The predicted octanol–water partition coefficient (Wildman–Crippen LogP) is 2.25. The van der Waals surface area contributed by atoms with E-state index in [1.807, 2.05) is 0 Å². The Morgan fingerprint density at radius 1 is 1.14 bits per heavy atom. The molecule has 1 N–H and O–H groups in total. The van der Waals surface area contributed by atoms with Gasteiger partial charge in [-0.3, -0.25) is 4.90 Å². The summed E-state index contributed by atoms with van der Waals surface area (Å²) in [5.74, 6) is 0. The quantitative estimate of drug-likeness (QED) is 0.642. The zero-order chi connectivity index (χ0) is 10.8. The molecule has 0 atom stereocenters. The molecule has 0 saturated carbocycles. The van der Waals surface area contributed by atoms with E-state index in [2.05, 4.69) is 44.8 Å². The van der Waals surface area contributed by atoms with E-state index in [9.17, 15) is 0 Å². The maximum Gasteiger partial charge on any atom is 0.0137 e. The summed E-state index contributed by atoms with van der Waals surface area (Å²) in [5, 5.41) is 3.61. The highest BCUT2D eigenvalue weighted by molar-refractivity contribution is 4.85.